The van der Waals surface area contributed by atoms with E-state index in [0.29, 0.717) is 35.0 Å². The zero-order chi connectivity index (χ0) is 23.3. The molecule has 9 heteroatoms. The Morgan fingerprint density at radius 2 is 1.82 bits per heavy atom. The monoisotopic (exact) mass is 530 g/mol. The SMILES string of the molecule is COc1ccc(S(=O)(=O)N2CC3=C(Cc4cccc(F)c4N3)c3ccc(Br)cc32)cc1OC. The molecule has 6 nitrogen and oxygen atoms in total. The second-order valence-corrected chi connectivity index (χ2v) is 10.5. The summed E-state index contributed by atoms with van der Waals surface area (Å²) in [5, 5.41) is 3.16. The van der Waals surface area contributed by atoms with Crippen molar-refractivity contribution < 1.29 is 22.3 Å². The molecule has 170 valence electrons. The summed E-state index contributed by atoms with van der Waals surface area (Å²) in [6, 6.07) is 15.0. The van der Waals surface area contributed by atoms with Crippen molar-refractivity contribution in [3.8, 4) is 11.5 Å². The fourth-order valence-corrected chi connectivity index (χ4v) is 6.09. The van der Waals surface area contributed by atoms with Crippen molar-refractivity contribution in [1.29, 1.82) is 0 Å². The number of halogens is 2. The summed E-state index contributed by atoms with van der Waals surface area (Å²) in [6.45, 7) is 0.0449. The maximum Gasteiger partial charge on any atom is 0.264 e. The minimum atomic E-state index is -3.98. The van der Waals surface area contributed by atoms with E-state index < -0.39 is 10.0 Å². The van der Waals surface area contributed by atoms with Crippen molar-refractivity contribution >= 4 is 42.9 Å². The summed E-state index contributed by atoms with van der Waals surface area (Å²) in [6.07, 6.45) is 0.508. The van der Waals surface area contributed by atoms with Crippen molar-refractivity contribution in [3.05, 3.63) is 81.7 Å². The summed E-state index contributed by atoms with van der Waals surface area (Å²) < 4.78 is 54.7. The van der Waals surface area contributed by atoms with Crippen molar-refractivity contribution in [2.45, 2.75) is 11.3 Å². The van der Waals surface area contributed by atoms with Crippen molar-refractivity contribution in [2.24, 2.45) is 0 Å². The van der Waals surface area contributed by atoms with Crippen molar-refractivity contribution in [2.75, 3.05) is 30.4 Å². The number of sulfonamides is 1. The molecular formula is C24H20BrFN2O4S. The Hall–Kier alpha value is -3.04. The van der Waals surface area contributed by atoms with Crippen LogP contribution in [0.4, 0.5) is 15.8 Å². The van der Waals surface area contributed by atoms with Gasteiger partial charge in [0.15, 0.2) is 11.5 Å². The lowest BCUT2D eigenvalue weighted by atomic mass is 9.89. The van der Waals surface area contributed by atoms with Crippen LogP contribution in [-0.2, 0) is 16.4 Å². The molecule has 3 aromatic carbocycles. The van der Waals surface area contributed by atoms with E-state index in [-0.39, 0.29) is 17.3 Å². The molecule has 0 saturated carbocycles. The normalized spacial score (nSPS) is 14.7. The summed E-state index contributed by atoms with van der Waals surface area (Å²) in [4.78, 5) is 0.0671. The molecule has 2 heterocycles. The number of benzene rings is 3. The van der Waals surface area contributed by atoms with E-state index in [2.05, 4.69) is 21.2 Å². The lowest BCUT2D eigenvalue weighted by molar-refractivity contribution is 0.354. The van der Waals surface area contributed by atoms with E-state index in [1.54, 1.807) is 18.2 Å². The molecule has 0 unspecified atom stereocenters. The highest BCUT2D eigenvalue weighted by Crippen LogP contribution is 2.44. The zero-order valence-electron chi connectivity index (χ0n) is 17.9. The Kier molecular flexibility index (Phi) is 5.33. The average Bonchev–Trinajstić information content (AvgIpc) is 2.82. The molecule has 2 aliphatic heterocycles. The first-order valence-electron chi connectivity index (χ1n) is 10.1. The highest BCUT2D eigenvalue weighted by Gasteiger charge is 2.36. The molecule has 33 heavy (non-hydrogen) atoms. The van der Waals surface area contributed by atoms with Gasteiger partial charge in [-0.15, -0.1) is 0 Å². The summed E-state index contributed by atoms with van der Waals surface area (Å²) in [5.74, 6) is 0.385. The van der Waals surface area contributed by atoms with Crippen molar-refractivity contribution in [3.63, 3.8) is 0 Å². The predicted octanol–water partition coefficient (Wildman–Crippen LogP) is 5.19. The molecule has 0 spiro atoms. The van der Waals surface area contributed by atoms with Gasteiger partial charge < -0.3 is 14.8 Å². The Labute approximate surface area is 199 Å². The molecule has 0 saturated heterocycles. The smallest absolute Gasteiger partial charge is 0.264 e. The molecule has 2 aliphatic rings. The van der Waals surface area contributed by atoms with Gasteiger partial charge in [-0.1, -0.05) is 34.1 Å². The third-order valence-electron chi connectivity index (χ3n) is 5.91. The number of hydrogen-bond acceptors (Lipinski definition) is 5. The van der Waals surface area contributed by atoms with Gasteiger partial charge in [0.2, 0.25) is 0 Å². The third-order valence-corrected chi connectivity index (χ3v) is 8.15. The number of methoxy groups -OCH3 is 2. The maximum atomic E-state index is 14.5. The Morgan fingerprint density at radius 1 is 1.03 bits per heavy atom. The standard InChI is InChI=1S/C24H20BrFN2O4S/c1-31-22-9-7-16(12-23(22)32-2)33(29,30)28-13-20-18(17-8-6-15(25)11-21(17)28)10-14-4-3-5-19(26)24(14)27-20/h3-9,11-12,27H,10,13H2,1-2H3. The van der Waals surface area contributed by atoms with E-state index in [1.165, 1.54) is 36.7 Å². The highest BCUT2D eigenvalue weighted by molar-refractivity contribution is 9.10. The lowest BCUT2D eigenvalue weighted by Gasteiger charge is -2.37. The van der Waals surface area contributed by atoms with Crippen LogP contribution in [0.2, 0.25) is 0 Å². The van der Waals surface area contributed by atoms with Gasteiger partial charge in [-0.25, -0.2) is 12.8 Å². The number of hydrogen-bond donors (Lipinski definition) is 1. The molecule has 0 aromatic heterocycles. The first-order chi connectivity index (χ1) is 15.8. The Balaban J connectivity index is 1.64. The van der Waals surface area contributed by atoms with Gasteiger partial charge in [0.1, 0.15) is 5.82 Å². The fourth-order valence-electron chi connectivity index (χ4n) is 4.29. The molecule has 3 aromatic rings. The number of nitrogens with zero attached hydrogens (tertiary/aromatic N) is 1. The van der Waals surface area contributed by atoms with E-state index in [9.17, 15) is 12.8 Å². The second-order valence-electron chi connectivity index (χ2n) is 7.72. The highest BCUT2D eigenvalue weighted by atomic mass is 79.9. The minimum Gasteiger partial charge on any atom is -0.493 e. The largest absolute Gasteiger partial charge is 0.493 e. The van der Waals surface area contributed by atoms with E-state index in [4.69, 9.17) is 9.47 Å². The zero-order valence-corrected chi connectivity index (χ0v) is 20.3. The average molecular weight is 531 g/mol. The van der Waals surface area contributed by atoms with Crippen LogP contribution in [0, 0.1) is 5.82 Å². The van der Waals surface area contributed by atoms with Crippen LogP contribution < -0.4 is 19.1 Å². The molecule has 0 radical (unpaired) electrons. The quantitative estimate of drug-likeness (QED) is 0.502. The van der Waals surface area contributed by atoms with E-state index in [0.717, 1.165) is 21.2 Å². The molecule has 0 aliphatic carbocycles. The van der Waals surface area contributed by atoms with Crippen LogP contribution >= 0.6 is 15.9 Å². The topological polar surface area (TPSA) is 67.9 Å². The lowest BCUT2D eigenvalue weighted by Crippen LogP contribution is -2.38. The number of nitrogens with one attached hydrogen (secondary N) is 1. The van der Waals surface area contributed by atoms with Gasteiger partial charge in [-0.2, -0.15) is 0 Å². The van der Waals surface area contributed by atoms with Gasteiger partial charge in [-0.3, -0.25) is 4.31 Å². The maximum absolute atomic E-state index is 14.5. The first kappa shape index (κ1) is 21.8. The number of rotatable bonds is 4. The molecule has 5 rings (SSSR count). The van der Waals surface area contributed by atoms with Crippen molar-refractivity contribution in [1.82, 2.24) is 0 Å². The fraction of sp³-hybridized carbons (Fsp3) is 0.167. The number of ether oxygens (including phenoxy) is 2. The molecule has 0 amide bonds. The number of para-hydroxylation sites is 1. The first-order valence-corrected chi connectivity index (χ1v) is 12.4. The van der Waals surface area contributed by atoms with Gasteiger partial charge in [-0.05, 0) is 41.5 Å². The summed E-state index contributed by atoms with van der Waals surface area (Å²) in [7, 11) is -1.03. The number of fused-ring (bicyclic) bond motifs is 3. The van der Waals surface area contributed by atoms with Gasteiger partial charge in [0.05, 0.1) is 37.0 Å². The Bertz CT molecular complexity index is 1420. The van der Waals surface area contributed by atoms with E-state index >= 15 is 0 Å². The second kappa shape index (κ2) is 8.07. The van der Waals surface area contributed by atoms with E-state index in [1.807, 2.05) is 18.2 Å². The molecule has 0 bridgehead atoms. The molecule has 0 atom stereocenters. The summed E-state index contributed by atoms with van der Waals surface area (Å²) >= 11 is 3.47. The molecule has 0 fully saturated rings. The minimum absolute atomic E-state index is 0.0449. The number of allylic oxidation sites excluding steroid dienone is 1. The van der Waals surface area contributed by atoms with Gasteiger partial charge >= 0.3 is 0 Å². The van der Waals surface area contributed by atoms with Crippen LogP contribution in [0.5, 0.6) is 11.5 Å². The predicted molar refractivity (Wildman–Crippen MR) is 129 cm³/mol. The van der Waals surface area contributed by atoms with Gasteiger partial charge in [0, 0.05) is 28.2 Å². The molecule has 1 N–H and O–H groups in total. The van der Waals surface area contributed by atoms with Crippen LogP contribution in [0.1, 0.15) is 11.1 Å². The third kappa shape index (κ3) is 3.55. The van der Waals surface area contributed by atoms with Crippen LogP contribution in [0.15, 0.2) is 69.7 Å². The van der Waals surface area contributed by atoms with Crippen LogP contribution in [0.25, 0.3) is 5.57 Å². The number of anilines is 2. The summed E-state index contributed by atoms with van der Waals surface area (Å²) in [5.41, 5.74) is 4.17. The van der Waals surface area contributed by atoms with Crippen LogP contribution in [-0.4, -0.2) is 29.2 Å². The molecular weight excluding hydrogens is 511 g/mol. The van der Waals surface area contributed by atoms with Gasteiger partial charge in [0.25, 0.3) is 10.0 Å². The Morgan fingerprint density at radius 3 is 2.58 bits per heavy atom. The van der Waals surface area contributed by atoms with Crippen LogP contribution in [0.3, 0.4) is 0 Å².